The highest BCUT2D eigenvalue weighted by Crippen LogP contribution is 2.34. The monoisotopic (exact) mass is 384 g/mol. The van der Waals surface area contributed by atoms with Crippen molar-refractivity contribution < 1.29 is 19.1 Å². The summed E-state index contributed by atoms with van der Waals surface area (Å²) in [5, 5.41) is 2.85. The number of hydrogen-bond donors (Lipinski definition) is 1. The highest BCUT2D eigenvalue weighted by atomic mass is 32.2. The molecule has 3 rings (SSSR count). The summed E-state index contributed by atoms with van der Waals surface area (Å²) in [6, 6.07) is 11.6. The van der Waals surface area contributed by atoms with Crippen LogP contribution in [0.2, 0.25) is 0 Å². The zero-order valence-corrected chi connectivity index (χ0v) is 16.1. The Bertz CT molecular complexity index is 913. The normalized spacial score (nSPS) is 14.2. The average molecular weight is 384 g/mol. The summed E-state index contributed by atoms with van der Waals surface area (Å²) in [6.45, 7) is 2.96. The van der Waals surface area contributed by atoms with Gasteiger partial charge in [0.2, 0.25) is 5.91 Å². The molecule has 1 atom stereocenters. The van der Waals surface area contributed by atoms with E-state index in [1.807, 2.05) is 24.5 Å². The van der Waals surface area contributed by atoms with Crippen molar-refractivity contribution in [2.45, 2.75) is 24.8 Å². The molecule has 0 saturated carbocycles. The van der Waals surface area contributed by atoms with E-state index in [4.69, 9.17) is 4.74 Å². The summed E-state index contributed by atoms with van der Waals surface area (Å²) >= 11 is 1.58. The van der Waals surface area contributed by atoms with Gasteiger partial charge in [-0.2, -0.15) is 0 Å². The number of ether oxygens (including phenoxy) is 1. The number of carbonyl (C=O) groups excluding carboxylic acids is 3. The van der Waals surface area contributed by atoms with Gasteiger partial charge in [0.05, 0.1) is 5.69 Å². The first kappa shape index (κ1) is 19.0. The lowest BCUT2D eigenvalue weighted by molar-refractivity contribution is -0.125. The number of nitrogens with zero attached hydrogens (tertiary/aromatic N) is 1. The first-order valence-corrected chi connectivity index (χ1v) is 9.68. The topological polar surface area (TPSA) is 75.7 Å². The van der Waals surface area contributed by atoms with Gasteiger partial charge in [-0.1, -0.05) is 6.07 Å². The van der Waals surface area contributed by atoms with Crippen molar-refractivity contribution in [2.75, 3.05) is 23.1 Å². The first-order chi connectivity index (χ1) is 12.9. The fourth-order valence-corrected chi connectivity index (χ4v) is 3.34. The van der Waals surface area contributed by atoms with Crippen LogP contribution >= 0.6 is 11.8 Å². The number of fused-ring (bicyclic) bond motifs is 1. The molecule has 0 saturated heterocycles. The molecular formula is C20H20N2O4S. The average Bonchev–Trinajstić information content (AvgIpc) is 2.67. The van der Waals surface area contributed by atoms with Crippen LogP contribution < -0.4 is 15.0 Å². The quantitative estimate of drug-likeness (QED) is 0.632. The van der Waals surface area contributed by atoms with Gasteiger partial charge in [0.1, 0.15) is 11.8 Å². The molecule has 0 spiro atoms. The predicted octanol–water partition coefficient (Wildman–Crippen LogP) is 3.36. The molecule has 1 unspecified atom stereocenters. The molecule has 140 valence electrons. The second kappa shape index (κ2) is 7.84. The summed E-state index contributed by atoms with van der Waals surface area (Å²) in [4.78, 5) is 39.3. The van der Waals surface area contributed by atoms with Crippen molar-refractivity contribution in [3.63, 3.8) is 0 Å². The number of benzene rings is 2. The smallest absolute Gasteiger partial charge is 0.265 e. The molecule has 27 heavy (non-hydrogen) atoms. The van der Waals surface area contributed by atoms with E-state index in [2.05, 4.69) is 5.32 Å². The van der Waals surface area contributed by atoms with E-state index >= 15 is 0 Å². The third kappa shape index (κ3) is 3.98. The van der Waals surface area contributed by atoms with E-state index in [1.54, 1.807) is 43.0 Å². The maximum atomic E-state index is 12.8. The Labute approximate surface area is 161 Å². The van der Waals surface area contributed by atoms with Crippen LogP contribution in [0.25, 0.3) is 0 Å². The molecule has 0 aliphatic carbocycles. The number of nitrogens with one attached hydrogen (secondary N) is 1. The van der Waals surface area contributed by atoms with E-state index in [9.17, 15) is 14.4 Å². The Morgan fingerprint density at radius 3 is 2.70 bits per heavy atom. The Balaban J connectivity index is 1.88. The van der Waals surface area contributed by atoms with Crippen molar-refractivity contribution in [3.05, 3.63) is 48.0 Å². The molecular weight excluding hydrogens is 364 g/mol. The van der Waals surface area contributed by atoms with Gasteiger partial charge in [0.25, 0.3) is 5.91 Å². The molecule has 0 fully saturated rings. The molecule has 1 aliphatic heterocycles. The molecule has 2 aromatic rings. The van der Waals surface area contributed by atoms with E-state index in [0.717, 1.165) is 4.90 Å². The number of Topliss-reactive ketones (excluding diaryl/α,β-unsaturated/α-hetero) is 1. The van der Waals surface area contributed by atoms with Crippen LogP contribution in [0.3, 0.4) is 0 Å². The van der Waals surface area contributed by atoms with Gasteiger partial charge in [-0.15, -0.1) is 11.8 Å². The Morgan fingerprint density at radius 2 is 2.00 bits per heavy atom. The van der Waals surface area contributed by atoms with E-state index in [1.165, 1.54) is 11.8 Å². The third-order valence-corrected chi connectivity index (χ3v) is 5.07. The maximum Gasteiger partial charge on any atom is 0.265 e. The highest BCUT2D eigenvalue weighted by molar-refractivity contribution is 7.98. The van der Waals surface area contributed by atoms with Crippen molar-refractivity contribution in [2.24, 2.45) is 0 Å². The van der Waals surface area contributed by atoms with Gasteiger partial charge in [-0.05, 0) is 56.5 Å². The lowest BCUT2D eigenvalue weighted by atomic mass is 10.1. The molecule has 0 bridgehead atoms. The highest BCUT2D eigenvalue weighted by Gasteiger charge is 2.33. The summed E-state index contributed by atoms with van der Waals surface area (Å²) < 4.78 is 5.44. The fraction of sp³-hybridized carbons (Fsp3) is 0.250. The minimum Gasteiger partial charge on any atom is -0.482 e. The van der Waals surface area contributed by atoms with Crippen LogP contribution in [0.1, 0.15) is 24.2 Å². The third-order valence-electron chi connectivity index (χ3n) is 4.35. The van der Waals surface area contributed by atoms with Crippen LogP contribution in [-0.2, 0) is 9.59 Å². The molecule has 2 aromatic carbocycles. The SMILES string of the molecule is CSc1cccc(NC(=O)C(C)N2C(=O)COc3ccc(C(C)=O)cc32)c1. The lowest BCUT2D eigenvalue weighted by Crippen LogP contribution is -2.49. The first-order valence-electron chi connectivity index (χ1n) is 8.45. The van der Waals surface area contributed by atoms with Crippen LogP contribution in [0.15, 0.2) is 47.4 Å². The summed E-state index contributed by atoms with van der Waals surface area (Å²) in [7, 11) is 0. The number of anilines is 2. The number of rotatable bonds is 5. The largest absolute Gasteiger partial charge is 0.482 e. The van der Waals surface area contributed by atoms with Crippen molar-refractivity contribution in [1.82, 2.24) is 0 Å². The predicted molar refractivity (Wildman–Crippen MR) is 106 cm³/mol. The number of hydrogen-bond acceptors (Lipinski definition) is 5. The molecule has 1 N–H and O–H groups in total. The molecule has 1 aliphatic rings. The molecule has 6 nitrogen and oxygen atoms in total. The maximum absolute atomic E-state index is 12.8. The molecule has 0 radical (unpaired) electrons. The Morgan fingerprint density at radius 1 is 1.22 bits per heavy atom. The molecule has 2 amide bonds. The molecule has 1 heterocycles. The number of carbonyl (C=O) groups is 3. The van der Waals surface area contributed by atoms with Crippen LogP contribution in [-0.4, -0.2) is 36.5 Å². The zero-order chi connectivity index (χ0) is 19.6. The summed E-state index contributed by atoms with van der Waals surface area (Å²) in [5.41, 5.74) is 1.55. The van der Waals surface area contributed by atoms with Crippen LogP contribution in [0.4, 0.5) is 11.4 Å². The van der Waals surface area contributed by atoms with Crippen molar-refractivity contribution in [1.29, 1.82) is 0 Å². The van der Waals surface area contributed by atoms with E-state index < -0.39 is 6.04 Å². The number of thioether (sulfide) groups is 1. The van der Waals surface area contributed by atoms with Gasteiger partial charge in [-0.25, -0.2) is 0 Å². The van der Waals surface area contributed by atoms with Gasteiger partial charge >= 0.3 is 0 Å². The van der Waals surface area contributed by atoms with Crippen LogP contribution in [0, 0.1) is 0 Å². The van der Waals surface area contributed by atoms with E-state index in [0.29, 0.717) is 22.7 Å². The Kier molecular flexibility index (Phi) is 5.51. The molecule has 0 aromatic heterocycles. The summed E-state index contributed by atoms with van der Waals surface area (Å²) in [5.74, 6) is -0.295. The lowest BCUT2D eigenvalue weighted by Gasteiger charge is -2.33. The zero-order valence-electron chi connectivity index (χ0n) is 15.3. The number of ketones is 1. The second-order valence-corrected chi connectivity index (χ2v) is 7.07. The second-order valence-electron chi connectivity index (χ2n) is 6.19. The van der Waals surface area contributed by atoms with Gasteiger partial charge in [0, 0.05) is 16.1 Å². The minimum absolute atomic E-state index is 0.123. The summed E-state index contributed by atoms with van der Waals surface area (Å²) in [6.07, 6.45) is 1.96. The van der Waals surface area contributed by atoms with Gasteiger partial charge < -0.3 is 10.1 Å². The van der Waals surface area contributed by atoms with Gasteiger partial charge in [0.15, 0.2) is 12.4 Å². The number of amides is 2. The Hall–Kier alpha value is -2.80. The van der Waals surface area contributed by atoms with Crippen LogP contribution in [0.5, 0.6) is 5.75 Å². The van der Waals surface area contributed by atoms with Gasteiger partial charge in [-0.3, -0.25) is 19.3 Å². The molecule has 7 heteroatoms. The van der Waals surface area contributed by atoms with E-state index in [-0.39, 0.29) is 24.2 Å². The standard InChI is InChI=1S/C20H20N2O4S/c1-12(20(25)21-15-5-4-6-16(10-15)27-3)22-17-9-14(13(2)23)7-8-18(17)26-11-19(22)24/h4-10,12H,11H2,1-3H3,(H,21,25). The van der Waals surface area contributed by atoms with Crippen molar-refractivity contribution >= 4 is 40.7 Å². The fourth-order valence-electron chi connectivity index (χ4n) is 2.88. The minimum atomic E-state index is -0.764. The van der Waals surface area contributed by atoms with Crippen molar-refractivity contribution in [3.8, 4) is 5.75 Å².